The molecule has 1 atom stereocenters. The number of hydrogen-bond acceptors (Lipinski definition) is 4. The van der Waals surface area contributed by atoms with E-state index in [2.05, 4.69) is 10.6 Å². The molecule has 0 aliphatic heterocycles. The third-order valence-electron chi connectivity index (χ3n) is 2.64. The quantitative estimate of drug-likeness (QED) is 0.512. The fraction of sp³-hybridized carbons (Fsp3) is 0.333. The second kappa shape index (κ2) is 6.22. The van der Waals surface area contributed by atoms with E-state index >= 15 is 0 Å². The van der Waals surface area contributed by atoms with Crippen LogP contribution in [0.5, 0.6) is 0 Å². The summed E-state index contributed by atoms with van der Waals surface area (Å²) < 4.78 is 26.7. The van der Waals surface area contributed by atoms with Gasteiger partial charge in [0.2, 0.25) is 10.0 Å². The molecule has 1 rings (SSSR count). The number of nitrogens with one attached hydrogen (secondary N) is 1. The van der Waals surface area contributed by atoms with Gasteiger partial charge in [-0.25, -0.2) is 8.42 Å². The van der Waals surface area contributed by atoms with Gasteiger partial charge in [0.05, 0.1) is 15.9 Å². The fourth-order valence-corrected chi connectivity index (χ4v) is 3.33. The Morgan fingerprint density at radius 2 is 2.15 bits per heavy atom. The van der Waals surface area contributed by atoms with Crippen LogP contribution >= 0.6 is 11.6 Å². The summed E-state index contributed by atoms with van der Waals surface area (Å²) in [6, 6.07) is 1.50. The van der Waals surface area contributed by atoms with E-state index in [0.29, 0.717) is 12.0 Å². The third kappa shape index (κ3) is 3.48. The number of halogens is 1. The molecule has 6 nitrogen and oxygen atoms in total. The van der Waals surface area contributed by atoms with Crippen molar-refractivity contribution in [3.8, 4) is 12.3 Å². The second-order valence-electron chi connectivity index (χ2n) is 4.08. The highest BCUT2D eigenvalue weighted by Gasteiger charge is 2.24. The van der Waals surface area contributed by atoms with E-state index < -0.39 is 26.7 Å². The predicted molar refractivity (Wildman–Crippen MR) is 76.1 cm³/mol. The molecule has 0 spiro atoms. The van der Waals surface area contributed by atoms with Crippen molar-refractivity contribution < 1.29 is 13.3 Å². The summed E-state index contributed by atoms with van der Waals surface area (Å²) in [4.78, 5) is 9.88. The van der Waals surface area contributed by atoms with Crippen LogP contribution in [0.4, 0.5) is 5.69 Å². The van der Waals surface area contributed by atoms with Crippen LogP contribution in [-0.4, -0.2) is 19.4 Å². The van der Waals surface area contributed by atoms with Gasteiger partial charge in [0.25, 0.3) is 5.69 Å². The lowest BCUT2D eigenvalue weighted by Gasteiger charge is -2.13. The topological polar surface area (TPSA) is 89.3 Å². The average Bonchev–Trinajstić information content (AvgIpc) is 2.35. The highest BCUT2D eigenvalue weighted by Crippen LogP contribution is 2.30. The number of rotatable bonds is 5. The van der Waals surface area contributed by atoms with Gasteiger partial charge in [-0.3, -0.25) is 10.1 Å². The molecule has 20 heavy (non-hydrogen) atoms. The van der Waals surface area contributed by atoms with Crippen molar-refractivity contribution in [2.45, 2.75) is 31.2 Å². The zero-order valence-corrected chi connectivity index (χ0v) is 12.5. The third-order valence-corrected chi connectivity index (χ3v) is 4.55. The maximum absolute atomic E-state index is 12.2. The van der Waals surface area contributed by atoms with Crippen molar-refractivity contribution in [3.05, 3.63) is 32.8 Å². The first-order valence-electron chi connectivity index (χ1n) is 5.66. The molecule has 0 amide bonds. The van der Waals surface area contributed by atoms with Crippen molar-refractivity contribution >= 4 is 27.3 Å². The normalized spacial score (nSPS) is 12.7. The van der Waals surface area contributed by atoms with Crippen LogP contribution in [-0.2, 0) is 10.0 Å². The van der Waals surface area contributed by atoms with E-state index in [-0.39, 0.29) is 9.92 Å². The van der Waals surface area contributed by atoms with Gasteiger partial charge < -0.3 is 0 Å². The van der Waals surface area contributed by atoms with Crippen molar-refractivity contribution in [2.75, 3.05) is 0 Å². The van der Waals surface area contributed by atoms with Gasteiger partial charge >= 0.3 is 0 Å². The molecule has 0 fully saturated rings. The maximum Gasteiger partial charge on any atom is 0.289 e. The van der Waals surface area contributed by atoms with Crippen LogP contribution in [0.3, 0.4) is 0 Å². The summed E-state index contributed by atoms with van der Waals surface area (Å²) in [5, 5.41) is 10.7. The van der Waals surface area contributed by atoms with Crippen LogP contribution in [0, 0.1) is 29.4 Å². The van der Waals surface area contributed by atoms with Crippen molar-refractivity contribution in [2.24, 2.45) is 0 Å². The second-order valence-corrected chi connectivity index (χ2v) is 6.16. The standard InChI is InChI=1S/C12H13ClN2O4S/c1-4-9(5-2)14-20(18,19)12-7-11(15(16)17)10(13)6-8(12)3/h1,6-7,9,14H,5H2,2-3H3. The molecular weight excluding hydrogens is 304 g/mol. The summed E-state index contributed by atoms with van der Waals surface area (Å²) in [7, 11) is -3.94. The van der Waals surface area contributed by atoms with Gasteiger partial charge in [-0.05, 0) is 25.0 Å². The van der Waals surface area contributed by atoms with Crippen molar-refractivity contribution in [1.29, 1.82) is 0 Å². The minimum atomic E-state index is -3.94. The van der Waals surface area contributed by atoms with E-state index in [9.17, 15) is 18.5 Å². The smallest absolute Gasteiger partial charge is 0.258 e. The van der Waals surface area contributed by atoms with E-state index in [4.69, 9.17) is 18.0 Å². The molecule has 0 radical (unpaired) electrons. The number of nitrogens with zero attached hydrogens (tertiary/aromatic N) is 1. The Labute approximate surface area is 122 Å². The molecule has 1 unspecified atom stereocenters. The lowest BCUT2D eigenvalue weighted by Crippen LogP contribution is -2.33. The van der Waals surface area contributed by atoms with Gasteiger partial charge in [-0.2, -0.15) is 4.72 Å². The Morgan fingerprint density at radius 1 is 1.55 bits per heavy atom. The van der Waals surface area contributed by atoms with E-state index in [0.717, 1.165) is 6.07 Å². The van der Waals surface area contributed by atoms with Gasteiger partial charge in [0, 0.05) is 6.07 Å². The molecule has 0 bridgehead atoms. The molecule has 0 saturated carbocycles. The summed E-state index contributed by atoms with van der Waals surface area (Å²) in [5.74, 6) is 2.30. The summed E-state index contributed by atoms with van der Waals surface area (Å²) in [5.41, 5.74) is -0.161. The zero-order chi connectivity index (χ0) is 15.5. The van der Waals surface area contributed by atoms with Crippen molar-refractivity contribution in [1.82, 2.24) is 4.72 Å². The number of benzene rings is 1. The molecule has 0 aliphatic carbocycles. The molecule has 108 valence electrons. The zero-order valence-electron chi connectivity index (χ0n) is 10.9. The first kappa shape index (κ1) is 16.4. The predicted octanol–water partition coefficient (Wildman–Crippen LogP) is 2.25. The van der Waals surface area contributed by atoms with Crippen LogP contribution < -0.4 is 4.72 Å². The van der Waals surface area contributed by atoms with Crippen LogP contribution in [0.25, 0.3) is 0 Å². The van der Waals surface area contributed by atoms with E-state index in [1.54, 1.807) is 6.92 Å². The Hall–Kier alpha value is -1.62. The Balaban J connectivity index is 3.36. The largest absolute Gasteiger partial charge is 0.289 e. The molecule has 1 N–H and O–H groups in total. The molecule has 1 aromatic carbocycles. The lowest BCUT2D eigenvalue weighted by molar-refractivity contribution is -0.384. The monoisotopic (exact) mass is 316 g/mol. The highest BCUT2D eigenvalue weighted by atomic mass is 35.5. The minimum absolute atomic E-state index is 0.115. The van der Waals surface area contributed by atoms with Crippen LogP contribution in [0.2, 0.25) is 5.02 Å². The molecule has 0 saturated heterocycles. The van der Waals surface area contributed by atoms with Gasteiger partial charge in [0.15, 0.2) is 0 Å². The summed E-state index contributed by atoms with van der Waals surface area (Å²) in [6.07, 6.45) is 5.61. The van der Waals surface area contributed by atoms with Gasteiger partial charge in [-0.15, -0.1) is 6.42 Å². The van der Waals surface area contributed by atoms with E-state index in [1.165, 1.54) is 13.0 Å². The Bertz CT molecular complexity index is 679. The molecule has 0 aromatic heterocycles. The van der Waals surface area contributed by atoms with Crippen LogP contribution in [0.1, 0.15) is 18.9 Å². The minimum Gasteiger partial charge on any atom is -0.258 e. The molecule has 1 aromatic rings. The first-order chi connectivity index (χ1) is 9.22. The maximum atomic E-state index is 12.2. The van der Waals surface area contributed by atoms with Crippen LogP contribution in [0.15, 0.2) is 17.0 Å². The Morgan fingerprint density at radius 3 is 2.60 bits per heavy atom. The number of sulfonamides is 1. The van der Waals surface area contributed by atoms with E-state index in [1.807, 2.05) is 0 Å². The number of hydrogen-bond donors (Lipinski definition) is 1. The molecular formula is C12H13ClN2O4S. The number of terminal acetylenes is 1. The lowest BCUT2D eigenvalue weighted by atomic mass is 10.2. The van der Waals surface area contributed by atoms with Crippen molar-refractivity contribution in [3.63, 3.8) is 0 Å². The molecule has 0 heterocycles. The summed E-state index contributed by atoms with van der Waals surface area (Å²) in [6.45, 7) is 3.23. The average molecular weight is 317 g/mol. The molecule has 0 aliphatic rings. The first-order valence-corrected chi connectivity index (χ1v) is 7.52. The van der Waals surface area contributed by atoms with Gasteiger partial charge in [0.1, 0.15) is 5.02 Å². The number of aryl methyl sites for hydroxylation is 1. The highest BCUT2D eigenvalue weighted by molar-refractivity contribution is 7.89. The number of nitro benzene ring substituents is 1. The number of nitro groups is 1. The fourth-order valence-electron chi connectivity index (χ4n) is 1.56. The SMILES string of the molecule is C#CC(CC)NS(=O)(=O)c1cc([N+](=O)[O-])c(Cl)cc1C. The Kier molecular flexibility index (Phi) is 5.11. The van der Waals surface area contributed by atoms with Gasteiger partial charge in [-0.1, -0.05) is 24.4 Å². The molecule has 8 heteroatoms. The summed E-state index contributed by atoms with van der Waals surface area (Å²) >= 11 is 5.72.